The molecule has 2 N–H and O–H groups in total. The Morgan fingerprint density at radius 3 is 3.08 bits per heavy atom. The van der Waals surface area contributed by atoms with Gasteiger partial charge in [-0.1, -0.05) is 17.7 Å². The van der Waals surface area contributed by atoms with Gasteiger partial charge in [-0.3, -0.25) is 4.79 Å². The summed E-state index contributed by atoms with van der Waals surface area (Å²) in [5, 5.41) is 0.456. The SMILES string of the molecule is NC1COc2c(Cl)cccc2C1=O. The average molecular weight is 198 g/mol. The van der Waals surface area contributed by atoms with Crippen molar-refractivity contribution in [1.29, 1.82) is 0 Å². The number of benzene rings is 1. The van der Waals surface area contributed by atoms with Crippen molar-refractivity contribution in [2.45, 2.75) is 6.04 Å². The maximum Gasteiger partial charge on any atom is 0.186 e. The molecule has 0 bridgehead atoms. The number of fused-ring (bicyclic) bond motifs is 1. The third-order valence-corrected chi connectivity index (χ3v) is 2.27. The molecule has 1 atom stereocenters. The van der Waals surface area contributed by atoms with E-state index in [0.29, 0.717) is 16.3 Å². The zero-order valence-electron chi connectivity index (χ0n) is 6.79. The molecule has 0 amide bonds. The van der Waals surface area contributed by atoms with Crippen LogP contribution in [0.5, 0.6) is 5.75 Å². The average Bonchev–Trinajstić information content (AvgIpc) is 2.12. The minimum Gasteiger partial charge on any atom is -0.489 e. The van der Waals surface area contributed by atoms with E-state index in [1.807, 2.05) is 0 Å². The zero-order chi connectivity index (χ0) is 9.42. The number of ketones is 1. The third-order valence-electron chi connectivity index (χ3n) is 1.98. The quantitative estimate of drug-likeness (QED) is 0.681. The first-order valence-corrected chi connectivity index (χ1v) is 4.29. The first-order valence-electron chi connectivity index (χ1n) is 3.91. The summed E-state index contributed by atoms with van der Waals surface area (Å²) in [6.07, 6.45) is 0. The van der Waals surface area contributed by atoms with Crippen LogP contribution in [0.4, 0.5) is 0 Å². The molecule has 0 fully saturated rings. The fraction of sp³-hybridized carbons (Fsp3) is 0.222. The van der Waals surface area contributed by atoms with E-state index in [2.05, 4.69) is 0 Å². The second-order valence-corrected chi connectivity index (χ2v) is 3.31. The molecule has 2 rings (SSSR count). The predicted octanol–water partition coefficient (Wildman–Crippen LogP) is 1.24. The minimum atomic E-state index is -0.564. The molecule has 68 valence electrons. The normalized spacial score (nSPS) is 20.8. The van der Waals surface area contributed by atoms with Gasteiger partial charge in [-0.15, -0.1) is 0 Å². The third kappa shape index (κ3) is 1.30. The van der Waals surface area contributed by atoms with Crippen molar-refractivity contribution in [2.24, 2.45) is 5.73 Å². The molecule has 0 spiro atoms. The van der Waals surface area contributed by atoms with Gasteiger partial charge >= 0.3 is 0 Å². The van der Waals surface area contributed by atoms with E-state index in [1.54, 1.807) is 18.2 Å². The topological polar surface area (TPSA) is 52.3 Å². The summed E-state index contributed by atoms with van der Waals surface area (Å²) in [4.78, 5) is 11.5. The van der Waals surface area contributed by atoms with Crippen LogP contribution in [0.1, 0.15) is 10.4 Å². The molecule has 0 radical (unpaired) electrons. The molecule has 0 aliphatic carbocycles. The number of ether oxygens (including phenoxy) is 1. The molecule has 1 aliphatic rings. The largest absolute Gasteiger partial charge is 0.489 e. The Morgan fingerprint density at radius 2 is 2.31 bits per heavy atom. The first-order chi connectivity index (χ1) is 6.20. The molecule has 1 aromatic rings. The lowest BCUT2D eigenvalue weighted by atomic mass is 10.0. The highest BCUT2D eigenvalue weighted by molar-refractivity contribution is 6.32. The van der Waals surface area contributed by atoms with Crippen molar-refractivity contribution in [1.82, 2.24) is 0 Å². The smallest absolute Gasteiger partial charge is 0.186 e. The lowest BCUT2D eigenvalue weighted by Crippen LogP contribution is -2.40. The van der Waals surface area contributed by atoms with Gasteiger partial charge in [-0.2, -0.15) is 0 Å². The van der Waals surface area contributed by atoms with Crippen LogP contribution in [0.3, 0.4) is 0 Å². The summed E-state index contributed by atoms with van der Waals surface area (Å²) >= 11 is 5.84. The molecular formula is C9H8ClNO2. The number of halogens is 1. The van der Waals surface area contributed by atoms with Crippen molar-refractivity contribution in [3.63, 3.8) is 0 Å². The maximum absolute atomic E-state index is 11.5. The van der Waals surface area contributed by atoms with E-state index in [9.17, 15) is 4.79 Å². The van der Waals surface area contributed by atoms with Crippen molar-refractivity contribution >= 4 is 17.4 Å². The summed E-state index contributed by atoms with van der Waals surface area (Å²) in [5.74, 6) is 0.347. The molecular weight excluding hydrogens is 190 g/mol. The summed E-state index contributed by atoms with van der Waals surface area (Å²) in [6.45, 7) is 0.204. The second-order valence-electron chi connectivity index (χ2n) is 2.90. The highest BCUT2D eigenvalue weighted by Crippen LogP contribution is 2.31. The molecule has 1 heterocycles. The van der Waals surface area contributed by atoms with E-state index >= 15 is 0 Å². The molecule has 3 nitrogen and oxygen atoms in total. The van der Waals surface area contributed by atoms with Crippen LogP contribution >= 0.6 is 11.6 Å². The predicted molar refractivity (Wildman–Crippen MR) is 49.3 cm³/mol. The summed E-state index contributed by atoms with van der Waals surface area (Å²) in [5.41, 5.74) is 6.00. The zero-order valence-corrected chi connectivity index (χ0v) is 7.54. The number of Topliss-reactive ketones (excluding diaryl/α,β-unsaturated/α-hetero) is 1. The van der Waals surface area contributed by atoms with E-state index < -0.39 is 6.04 Å². The van der Waals surface area contributed by atoms with Crippen LogP contribution in [0.15, 0.2) is 18.2 Å². The van der Waals surface area contributed by atoms with E-state index in [-0.39, 0.29) is 12.4 Å². The number of rotatable bonds is 0. The monoisotopic (exact) mass is 197 g/mol. The Hall–Kier alpha value is -1.06. The van der Waals surface area contributed by atoms with Gasteiger partial charge in [-0.05, 0) is 12.1 Å². The minimum absolute atomic E-state index is 0.108. The fourth-order valence-corrected chi connectivity index (χ4v) is 1.53. The maximum atomic E-state index is 11.5. The highest BCUT2D eigenvalue weighted by Gasteiger charge is 2.26. The van der Waals surface area contributed by atoms with Crippen LogP contribution in [0, 0.1) is 0 Å². The second kappa shape index (κ2) is 3.01. The highest BCUT2D eigenvalue weighted by atomic mass is 35.5. The number of hydrogen-bond donors (Lipinski definition) is 1. The number of carbonyl (C=O) groups is 1. The molecule has 0 saturated carbocycles. The van der Waals surface area contributed by atoms with Crippen LogP contribution in [-0.4, -0.2) is 18.4 Å². The molecule has 1 aromatic carbocycles. The molecule has 0 aromatic heterocycles. The van der Waals surface area contributed by atoms with Crippen molar-refractivity contribution in [3.8, 4) is 5.75 Å². The number of nitrogens with two attached hydrogens (primary N) is 1. The molecule has 1 unspecified atom stereocenters. The Bertz CT molecular complexity index is 365. The number of carbonyl (C=O) groups excluding carboxylic acids is 1. The first kappa shape index (κ1) is 8.53. The molecule has 1 aliphatic heterocycles. The Labute approximate surface area is 80.4 Å². The van der Waals surface area contributed by atoms with Crippen molar-refractivity contribution < 1.29 is 9.53 Å². The van der Waals surface area contributed by atoms with Gasteiger partial charge in [0, 0.05) is 0 Å². The lowest BCUT2D eigenvalue weighted by Gasteiger charge is -2.21. The summed E-state index contributed by atoms with van der Waals surface area (Å²) < 4.78 is 5.26. The number of para-hydroxylation sites is 1. The fourth-order valence-electron chi connectivity index (χ4n) is 1.30. The van der Waals surface area contributed by atoms with Gasteiger partial charge in [0.2, 0.25) is 0 Å². The Kier molecular flexibility index (Phi) is 1.98. The van der Waals surface area contributed by atoms with Crippen LogP contribution in [-0.2, 0) is 0 Å². The van der Waals surface area contributed by atoms with E-state index in [1.165, 1.54) is 0 Å². The van der Waals surface area contributed by atoms with E-state index in [0.717, 1.165) is 0 Å². The van der Waals surface area contributed by atoms with Gasteiger partial charge in [-0.25, -0.2) is 0 Å². The van der Waals surface area contributed by atoms with Crippen LogP contribution < -0.4 is 10.5 Å². The summed E-state index contributed by atoms with van der Waals surface area (Å²) in [7, 11) is 0. The van der Waals surface area contributed by atoms with Crippen molar-refractivity contribution in [2.75, 3.05) is 6.61 Å². The Balaban J connectivity index is 2.55. The van der Waals surface area contributed by atoms with Crippen LogP contribution in [0.2, 0.25) is 5.02 Å². The lowest BCUT2D eigenvalue weighted by molar-refractivity contribution is 0.0900. The van der Waals surface area contributed by atoms with Gasteiger partial charge in [0.15, 0.2) is 5.78 Å². The number of hydrogen-bond acceptors (Lipinski definition) is 3. The standard InChI is InChI=1S/C9H8ClNO2/c10-6-3-1-2-5-8(12)7(11)4-13-9(5)6/h1-3,7H,4,11H2. The summed E-state index contributed by atoms with van der Waals surface area (Å²) in [6, 6.07) is 4.50. The van der Waals surface area contributed by atoms with Gasteiger partial charge in [0.1, 0.15) is 18.4 Å². The van der Waals surface area contributed by atoms with Gasteiger partial charge in [0.25, 0.3) is 0 Å². The Morgan fingerprint density at radius 1 is 1.54 bits per heavy atom. The van der Waals surface area contributed by atoms with E-state index in [4.69, 9.17) is 22.1 Å². The molecule has 0 saturated heterocycles. The molecule has 4 heteroatoms. The van der Waals surface area contributed by atoms with Crippen LogP contribution in [0.25, 0.3) is 0 Å². The van der Waals surface area contributed by atoms with Crippen molar-refractivity contribution in [3.05, 3.63) is 28.8 Å². The van der Waals surface area contributed by atoms with Gasteiger partial charge in [0.05, 0.1) is 10.6 Å². The van der Waals surface area contributed by atoms with Gasteiger partial charge < -0.3 is 10.5 Å². The molecule has 13 heavy (non-hydrogen) atoms.